The van der Waals surface area contributed by atoms with E-state index < -0.39 is 26.1 Å². The highest BCUT2D eigenvalue weighted by molar-refractivity contribution is 6.74. The minimum absolute atomic E-state index is 0.248. The van der Waals surface area contributed by atoms with E-state index in [0.717, 1.165) is 12.8 Å². The molecule has 9 atom stereocenters. The van der Waals surface area contributed by atoms with Crippen LogP contribution in [0.2, 0.25) is 18.1 Å². The largest absolute Gasteiger partial charge is 0.414 e. The van der Waals surface area contributed by atoms with Crippen molar-refractivity contribution in [2.45, 2.75) is 149 Å². The Morgan fingerprint density at radius 1 is 0.949 bits per heavy atom. The van der Waals surface area contributed by atoms with Crippen molar-refractivity contribution in [2.75, 3.05) is 6.61 Å². The maximum absolute atomic E-state index is 10.9. The van der Waals surface area contributed by atoms with Gasteiger partial charge < -0.3 is 19.7 Å². The van der Waals surface area contributed by atoms with Crippen molar-refractivity contribution in [1.82, 2.24) is 0 Å². The first-order chi connectivity index (χ1) is 17.8. The number of aliphatic hydroxyl groups excluding tert-OH is 1. The van der Waals surface area contributed by atoms with E-state index in [-0.39, 0.29) is 10.5 Å². The number of allylic oxidation sites excluding steroid dienone is 3. The van der Waals surface area contributed by atoms with Gasteiger partial charge in [0.1, 0.15) is 5.60 Å². The van der Waals surface area contributed by atoms with Crippen molar-refractivity contribution >= 4 is 8.32 Å². The Bertz CT molecular complexity index is 972. The van der Waals surface area contributed by atoms with E-state index in [9.17, 15) is 15.3 Å². The first-order valence-corrected chi connectivity index (χ1v) is 18.8. The van der Waals surface area contributed by atoms with Gasteiger partial charge in [-0.1, -0.05) is 64.8 Å². The lowest BCUT2D eigenvalue weighted by Gasteiger charge is -2.56. The summed E-state index contributed by atoms with van der Waals surface area (Å²) in [5.41, 5.74) is 1.17. The van der Waals surface area contributed by atoms with Crippen LogP contribution in [-0.2, 0) is 4.43 Å². The highest BCUT2D eigenvalue weighted by atomic mass is 28.4. The SMILES string of the molecule is C[C@H](CC[C@@](C)(O)C(C)(O)CO)[C@H]1CC[C@H]2C3=CC=C4C[C@@H](O[Si](C)(C)C(C)(C)C)CC[C@]4(C)[C@H]3CC[C@]12C. The van der Waals surface area contributed by atoms with E-state index in [0.29, 0.717) is 41.6 Å². The second-order valence-corrected chi connectivity index (χ2v) is 21.3. The van der Waals surface area contributed by atoms with Crippen molar-refractivity contribution < 1.29 is 19.7 Å². The van der Waals surface area contributed by atoms with Gasteiger partial charge in [-0.3, -0.25) is 0 Å². The van der Waals surface area contributed by atoms with E-state index in [1.165, 1.54) is 45.4 Å². The van der Waals surface area contributed by atoms with Crippen LogP contribution in [0.3, 0.4) is 0 Å². The van der Waals surface area contributed by atoms with Crippen molar-refractivity contribution in [3.8, 4) is 0 Å². The minimum Gasteiger partial charge on any atom is -0.414 e. The van der Waals surface area contributed by atoms with Crippen LogP contribution in [0.4, 0.5) is 0 Å². The minimum atomic E-state index is -1.77. The Balaban J connectivity index is 1.48. The summed E-state index contributed by atoms with van der Waals surface area (Å²) in [5, 5.41) is 31.2. The molecular weight excluding hydrogens is 500 g/mol. The number of fused-ring (bicyclic) bond motifs is 5. The third-order valence-corrected chi connectivity index (χ3v) is 17.6. The van der Waals surface area contributed by atoms with E-state index in [2.05, 4.69) is 66.8 Å². The summed E-state index contributed by atoms with van der Waals surface area (Å²) in [6.07, 6.45) is 15.4. The molecule has 3 N–H and O–H groups in total. The van der Waals surface area contributed by atoms with Crippen LogP contribution < -0.4 is 0 Å². The lowest BCUT2D eigenvalue weighted by molar-refractivity contribution is -0.158. The average Bonchev–Trinajstić information content (AvgIpc) is 3.19. The highest BCUT2D eigenvalue weighted by Crippen LogP contribution is 2.66. The molecule has 1 unspecified atom stereocenters. The van der Waals surface area contributed by atoms with Crippen LogP contribution in [0.5, 0.6) is 0 Å². The van der Waals surface area contributed by atoms with Gasteiger partial charge >= 0.3 is 0 Å². The molecule has 0 aromatic carbocycles. The maximum atomic E-state index is 10.9. The summed E-state index contributed by atoms with van der Waals surface area (Å²) in [5.74, 6) is 2.43. The Hall–Kier alpha value is -0.463. The van der Waals surface area contributed by atoms with Gasteiger partial charge in [-0.15, -0.1) is 0 Å². The lowest BCUT2D eigenvalue weighted by atomic mass is 9.50. The van der Waals surface area contributed by atoms with Crippen LogP contribution in [0.15, 0.2) is 23.3 Å². The molecule has 4 aliphatic rings. The molecule has 0 aromatic heterocycles. The number of hydrogen-bond donors (Lipinski definition) is 3. The van der Waals surface area contributed by atoms with Gasteiger partial charge in [0.05, 0.1) is 12.2 Å². The first kappa shape index (κ1) is 31.5. The molecular formula is C34H60O4Si. The second-order valence-electron chi connectivity index (χ2n) is 16.6. The fraction of sp³-hybridized carbons (Fsp3) is 0.882. The molecule has 0 spiro atoms. The van der Waals surface area contributed by atoms with Crippen molar-refractivity contribution in [3.05, 3.63) is 23.3 Å². The molecule has 3 saturated carbocycles. The summed E-state index contributed by atoms with van der Waals surface area (Å²) in [7, 11) is -1.77. The Morgan fingerprint density at radius 2 is 1.62 bits per heavy atom. The smallest absolute Gasteiger partial charge is 0.192 e. The van der Waals surface area contributed by atoms with E-state index in [4.69, 9.17) is 4.43 Å². The van der Waals surface area contributed by atoms with Gasteiger partial charge in [-0.05, 0) is 124 Å². The van der Waals surface area contributed by atoms with Crippen LogP contribution in [0.25, 0.3) is 0 Å². The molecule has 224 valence electrons. The summed E-state index contributed by atoms with van der Waals surface area (Å²) >= 11 is 0. The predicted octanol–water partition coefficient (Wildman–Crippen LogP) is 7.79. The number of aliphatic hydroxyl groups is 3. The summed E-state index contributed by atoms with van der Waals surface area (Å²) < 4.78 is 6.90. The van der Waals surface area contributed by atoms with E-state index in [1.807, 2.05) is 0 Å². The lowest BCUT2D eigenvalue weighted by Crippen LogP contribution is -2.53. The molecule has 0 heterocycles. The molecule has 4 rings (SSSR count). The quantitative estimate of drug-likeness (QED) is 0.265. The van der Waals surface area contributed by atoms with Crippen molar-refractivity contribution in [2.24, 2.45) is 34.5 Å². The van der Waals surface area contributed by atoms with Gasteiger partial charge in [0, 0.05) is 6.10 Å². The maximum Gasteiger partial charge on any atom is 0.192 e. The highest BCUT2D eigenvalue weighted by Gasteiger charge is 2.57. The molecule has 0 aromatic rings. The summed E-state index contributed by atoms with van der Waals surface area (Å²) in [4.78, 5) is 0. The standard InChI is InChI=1S/C34H60O4Si/c1-23(15-20-33(7,36)34(8,37)22-35)27-13-14-28-26-12-11-24-21-25(38-39(9,10)30(2,3)4)16-18-31(24,5)29(26)17-19-32(27,28)6/h11-12,23,25,27-29,35-37H,13-22H2,1-10H3/t23-,25+,27-,28+,29+,31+,32-,33-,34?/m1/s1. The molecule has 4 nitrogen and oxygen atoms in total. The normalized spacial score (nSPS) is 38.9. The van der Waals surface area contributed by atoms with Crippen LogP contribution in [-0.4, -0.2) is 47.5 Å². The topological polar surface area (TPSA) is 69.9 Å². The molecule has 0 saturated heterocycles. The number of rotatable bonds is 8. The summed E-state index contributed by atoms with van der Waals surface area (Å²) in [6, 6.07) is 0. The molecule has 0 amide bonds. The van der Waals surface area contributed by atoms with Gasteiger partial charge in [-0.2, -0.15) is 0 Å². The van der Waals surface area contributed by atoms with Crippen molar-refractivity contribution in [1.29, 1.82) is 0 Å². The summed E-state index contributed by atoms with van der Waals surface area (Å²) in [6.45, 7) is 22.1. The number of hydrogen-bond acceptors (Lipinski definition) is 4. The van der Waals surface area contributed by atoms with Gasteiger partial charge in [0.2, 0.25) is 0 Å². The fourth-order valence-corrected chi connectivity index (χ4v) is 10.2. The van der Waals surface area contributed by atoms with Gasteiger partial charge in [0.25, 0.3) is 0 Å². The zero-order valence-electron chi connectivity index (χ0n) is 26.9. The third-order valence-electron chi connectivity index (χ3n) is 13.1. The predicted molar refractivity (Wildman–Crippen MR) is 164 cm³/mol. The third kappa shape index (κ3) is 5.42. The first-order valence-electron chi connectivity index (χ1n) is 15.9. The molecule has 0 radical (unpaired) electrons. The molecule has 0 bridgehead atoms. The van der Waals surface area contributed by atoms with Crippen molar-refractivity contribution in [3.63, 3.8) is 0 Å². The molecule has 3 fully saturated rings. The average molecular weight is 561 g/mol. The fourth-order valence-electron chi connectivity index (χ4n) is 8.79. The Kier molecular flexibility index (Phi) is 8.36. The molecule has 4 aliphatic carbocycles. The van der Waals surface area contributed by atoms with E-state index >= 15 is 0 Å². The van der Waals surface area contributed by atoms with Crippen LogP contribution >= 0.6 is 0 Å². The van der Waals surface area contributed by atoms with Gasteiger partial charge in [0.15, 0.2) is 8.32 Å². The molecule has 0 aliphatic heterocycles. The zero-order chi connectivity index (χ0) is 29.2. The zero-order valence-corrected chi connectivity index (χ0v) is 27.9. The second kappa shape index (κ2) is 10.4. The molecule has 39 heavy (non-hydrogen) atoms. The Labute approximate surface area is 240 Å². The van der Waals surface area contributed by atoms with E-state index in [1.54, 1.807) is 18.1 Å². The monoisotopic (exact) mass is 560 g/mol. The van der Waals surface area contributed by atoms with Crippen LogP contribution in [0, 0.1) is 34.5 Å². The Morgan fingerprint density at radius 3 is 2.23 bits per heavy atom. The van der Waals surface area contributed by atoms with Gasteiger partial charge in [-0.25, -0.2) is 0 Å². The molecule has 5 heteroatoms. The van der Waals surface area contributed by atoms with Crippen LogP contribution in [0.1, 0.15) is 113 Å².